The van der Waals surface area contributed by atoms with E-state index in [1.807, 2.05) is 47.0 Å². The molecule has 4 rings (SSSR count). The number of aromatic nitrogens is 3. The van der Waals surface area contributed by atoms with E-state index in [4.69, 9.17) is 4.74 Å². The molecule has 1 aliphatic rings. The van der Waals surface area contributed by atoms with Gasteiger partial charge in [0.15, 0.2) is 11.0 Å². The first kappa shape index (κ1) is 20.5. The summed E-state index contributed by atoms with van der Waals surface area (Å²) >= 11 is 1.35. The summed E-state index contributed by atoms with van der Waals surface area (Å²) in [5.74, 6) is 0.904. The number of esters is 1. The molecular weight excluding hydrogens is 398 g/mol. The van der Waals surface area contributed by atoms with Crippen LogP contribution in [0.15, 0.2) is 59.8 Å². The second-order valence-electron chi connectivity index (χ2n) is 7.46. The van der Waals surface area contributed by atoms with Crippen molar-refractivity contribution in [1.29, 1.82) is 0 Å². The zero-order valence-corrected chi connectivity index (χ0v) is 17.6. The Balaban J connectivity index is 1.51. The van der Waals surface area contributed by atoms with Crippen LogP contribution in [0.1, 0.15) is 37.7 Å². The van der Waals surface area contributed by atoms with Crippen molar-refractivity contribution in [2.45, 2.75) is 49.9 Å². The normalized spacial score (nSPS) is 14.5. The number of hydrogen-bond donors (Lipinski definition) is 1. The van der Waals surface area contributed by atoms with Gasteiger partial charge >= 0.3 is 5.97 Å². The second-order valence-corrected chi connectivity index (χ2v) is 8.41. The zero-order valence-electron chi connectivity index (χ0n) is 16.7. The fraction of sp³-hybridized carbons (Fsp3) is 0.348. The third-order valence-electron chi connectivity index (χ3n) is 5.20. The quantitative estimate of drug-likeness (QED) is 0.440. The van der Waals surface area contributed by atoms with Gasteiger partial charge in [0.25, 0.3) is 0 Å². The van der Waals surface area contributed by atoms with Crippen LogP contribution < -0.4 is 0 Å². The van der Waals surface area contributed by atoms with E-state index in [-0.39, 0.29) is 23.6 Å². The Morgan fingerprint density at radius 2 is 1.77 bits per heavy atom. The molecule has 1 saturated carbocycles. The number of carbonyl (C=O) groups is 1. The van der Waals surface area contributed by atoms with E-state index in [0.29, 0.717) is 17.5 Å². The molecule has 0 unspecified atom stereocenters. The van der Waals surface area contributed by atoms with Crippen molar-refractivity contribution in [2.75, 3.05) is 5.75 Å². The van der Waals surface area contributed by atoms with Gasteiger partial charge in [-0.05, 0) is 55.5 Å². The van der Waals surface area contributed by atoms with Crippen molar-refractivity contribution in [1.82, 2.24) is 14.8 Å². The lowest BCUT2D eigenvalue weighted by molar-refractivity contribution is -0.147. The molecule has 30 heavy (non-hydrogen) atoms. The topological polar surface area (TPSA) is 77.2 Å². The van der Waals surface area contributed by atoms with E-state index in [9.17, 15) is 9.90 Å². The third-order valence-corrected chi connectivity index (χ3v) is 6.14. The molecule has 1 fully saturated rings. The first-order chi connectivity index (χ1) is 14.7. The summed E-state index contributed by atoms with van der Waals surface area (Å²) in [6.07, 6.45) is 5.48. The van der Waals surface area contributed by atoms with Crippen molar-refractivity contribution in [2.24, 2.45) is 0 Å². The predicted molar refractivity (Wildman–Crippen MR) is 116 cm³/mol. The lowest BCUT2D eigenvalue weighted by atomic mass is 9.98. The molecule has 0 atom stereocenters. The van der Waals surface area contributed by atoms with Gasteiger partial charge in [0, 0.05) is 5.56 Å². The molecule has 0 amide bonds. The highest BCUT2D eigenvalue weighted by Gasteiger charge is 2.20. The molecule has 0 radical (unpaired) electrons. The smallest absolute Gasteiger partial charge is 0.316 e. The molecular formula is C23H25N3O3S. The van der Waals surface area contributed by atoms with Crippen molar-refractivity contribution in [3.05, 3.63) is 60.2 Å². The van der Waals surface area contributed by atoms with Crippen LogP contribution >= 0.6 is 11.8 Å². The minimum atomic E-state index is -0.202. The van der Waals surface area contributed by atoms with Gasteiger partial charge in [-0.3, -0.25) is 9.36 Å². The zero-order chi connectivity index (χ0) is 20.8. The fourth-order valence-electron chi connectivity index (χ4n) is 3.65. The monoisotopic (exact) mass is 423 g/mol. The molecule has 156 valence electrons. The van der Waals surface area contributed by atoms with Crippen LogP contribution in [0.5, 0.6) is 5.75 Å². The van der Waals surface area contributed by atoms with Gasteiger partial charge in [-0.2, -0.15) is 0 Å². The number of phenols is 1. The first-order valence-electron chi connectivity index (χ1n) is 10.3. The van der Waals surface area contributed by atoms with Crippen LogP contribution in [0, 0.1) is 0 Å². The molecule has 0 bridgehead atoms. The molecule has 1 aromatic heterocycles. The van der Waals surface area contributed by atoms with Gasteiger partial charge in [-0.15, -0.1) is 10.2 Å². The highest BCUT2D eigenvalue weighted by Crippen LogP contribution is 2.27. The molecule has 1 N–H and O–H groups in total. The number of carbonyl (C=O) groups excluding carboxylic acids is 1. The Morgan fingerprint density at radius 3 is 2.50 bits per heavy atom. The van der Waals surface area contributed by atoms with E-state index in [0.717, 1.165) is 36.8 Å². The number of phenolic OH excluding ortho intramolecular Hbond substituents is 1. The average Bonchev–Trinajstić information content (AvgIpc) is 3.16. The maximum atomic E-state index is 12.3. The largest absolute Gasteiger partial charge is 0.508 e. The minimum Gasteiger partial charge on any atom is -0.508 e. The highest BCUT2D eigenvalue weighted by molar-refractivity contribution is 7.99. The third kappa shape index (κ3) is 5.21. The van der Waals surface area contributed by atoms with Gasteiger partial charge in [-0.25, -0.2) is 0 Å². The fourth-order valence-corrected chi connectivity index (χ4v) is 4.37. The molecule has 0 spiro atoms. The molecule has 3 aromatic rings. The van der Waals surface area contributed by atoms with Gasteiger partial charge in [0.1, 0.15) is 11.9 Å². The SMILES string of the molecule is O=C(CSc1nnc(-c2ccc(O)cc2)n1Cc1ccccc1)OC1CCCCC1. The molecule has 0 saturated heterocycles. The maximum Gasteiger partial charge on any atom is 0.316 e. The summed E-state index contributed by atoms with van der Waals surface area (Å²) in [4.78, 5) is 12.3. The van der Waals surface area contributed by atoms with Crippen LogP contribution in [0.2, 0.25) is 0 Å². The number of hydrogen-bond acceptors (Lipinski definition) is 6. The predicted octanol–water partition coefficient (Wildman–Crippen LogP) is 4.67. The average molecular weight is 424 g/mol. The minimum absolute atomic E-state index is 0.0570. The Morgan fingerprint density at radius 1 is 1.03 bits per heavy atom. The summed E-state index contributed by atoms with van der Waals surface area (Å²) in [6, 6.07) is 16.9. The summed E-state index contributed by atoms with van der Waals surface area (Å²) in [7, 11) is 0. The number of rotatable bonds is 7. The summed E-state index contributed by atoms with van der Waals surface area (Å²) in [5.41, 5.74) is 1.97. The standard InChI is InChI=1S/C23H25N3O3S/c27-19-13-11-18(12-14-19)22-24-25-23(26(22)15-17-7-3-1-4-8-17)30-16-21(28)29-20-9-5-2-6-10-20/h1,3-4,7-8,11-14,20,27H,2,5-6,9-10,15-16H2. The molecule has 7 heteroatoms. The van der Waals surface area contributed by atoms with Crippen molar-refractivity contribution >= 4 is 17.7 Å². The first-order valence-corrected chi connectivity index (χ1v) is 11.3. The van der Waals surface area contributed by atoms with E-state index in [1.165, 1.54) is 18.2 Å². The lowest BCUT2D eigenvalue weighted by Crippen LogP contribution is -2.22. The number of thioether (sulfide) groups is 1. The number of nitrogens with zero attached hydrogens (tertiary/aromatic N) is 3. The number of aromatic hydroxyl groups is 1. The van der Waals surface area contributed by atoms with Gasteiger partial charge in [0.05, 0.1) is 12.3 Å². The lowest BCUT2D eigenvalue weighted by Gasteiger charge is -2.21. The van der Waals surface area contributed by atoms with Crippen molar-refractivity contribution in [3.8, 4) is 17.1 Å². The Bertz CT molecular complexity index is 967. The number of ether oxygens (including phenoxy) is 1. The van der Waals surface area contributed by atoms with E-state index >= 15 is 0 Å². The molecule has 1 aliphatic carbocycles. The molecule has 1 heterocycles. The number of benzene rings is 2. The van der Waals surface area contributed by atoms with Crippen molar-refractivity contribution < 1.29 is 14.6 Å². The van der Waals surface area contributed by atoms with Crippen LogP contribution in [0.4, 0.5) is 0 Å². The second kappa shape index (κ2) is 9.80. The molecule has 6 nitrogen and oxygen atoms in total. The molecule has 0 aliphatic heterocycles. The van der Waals surface area contributed by atoms with Gasteiger partial charge in [-0.1, -0.05) is 48.5 Å². The van der Waals surface area contributed by atoms with E-state index < -0.39 is 0 Å². The van der Waals surface area contributed by atoms with Gasteiger partial charge < -0.3 is 9.84 Å². The Labute approximate surface area is 180 Å². The van der Waals surface area contributed by atoms with E-state index in [2.05, 4.69) is 10.2 Å². The van der Waals surface area contributed by atoms with Crippen LogP contribution in [-0.2, 0) is 16.1 Å². The van der Waals surface area contributed by atoms with Gasteiger partial charge in [0.2, 0.25) is 0 Å². The Hall–Kier alpha value is -2.80. The van der Waals surface area contributed by atoms with Crippen LogP contribution in [-0.4, -0.2) is 37.7 Å². The Kier molecular flexibility index (Phi) is 6.69. The summed E-state index contributed by atoms with van der Waals surface area (Å²) < 4.78 is 7.63. The van der Waals surface area contributed by atoms with Crippen LogP contribution in [0.25, 0.3) is 11.4 Å². The van der Waals surface area contributed by atoms with E-state index in [1.54, 1.807) is 12.1 Å². The maximum absolute atomic E-state index is 12.3. The summed E-state index contributed by atoms with van der Waals surface area (Å²) in [5, 5.41) is 19.0. The van der Waals surface area contributed by atoms with Crippen LogP contribution in [0.3, 0.4) is 0 Å². The highest BCUT2D eigenvalue weighted by atomic mass is 32.2. The van der Waals surface area contributed by atoms with Crippen molar-refractivity contribution in [3.63, 3.8) is 0 Å². The summed E-state index contributed by atoms with van der Waals surface area (Å²) in [6.45, 7) is 0.587. The molecule has 2 aromatic carbocycles.